The molecule has 0 amide bonds. The third kappa shape index (κ3) is 4.42. The van der Waals surface area contributed by atoms with Crippen molar-refractivity contribution in [1.82, 2.24) is 15.0 Å². The minimum Gasteiger partial charge on any atom is -0.493 e. The normalized spacial score (nSPS) is 10.7. The molecular weight excluding hydrogens is 334 g/mol. The smallest absolute Gasteiger partial charge is 0.127 e. The minimum atomic E-state index is 0.645. The molecule has 134 valence electrons. The van der Waals surface area contributed by atoms with Gasteiger partial charge in [0, 0.05) is 18.2 Å². The number of para-hydroxylation sites is 1. The molecule has 0 aliphatic carbocycles. The Morgan fingerprint density at radius 1 is 0.778 bits per heavy atom. The standard InChI is InChI=1S/C23H21N3O/c1-2-6-21(7-3-1)22-8-4-5-9-23(22)27-17-14-19-10-12-20(13-11-19)18-26-16-15-24-25-26/h1-13,15-16H,14,17-18H2. The molecule has 0 atom stereocenters. The molecule has 1 heterocycles. The Labute approximate surface area is 159 Å². The predicted molar refractivity (Wildman–Crippen MR) is 107 cm³/mol. The molecule has 0 bridgehead atoms. The number of rotatable bonds is 7. The van der Waals surface area contributed by atoms with E-state index in [0.29, 0.717) is 6.61 Å². The number of hydrogen-bond acceptors (Lipinski definition) is 3. The molecule has 4 nitrogen and oxygen atoms in total. The van der Waals surface area contributed by atoms with Crippen molar-refractivity contribution >= 4 is 0 Å². The topological polar surface area (TPSA) is 39.9 Å². The van der Waals surface area contributed by atoms with E-state index in [-0.39, 0.29) is 0 Å². The summed E-state index contributed by atoms with van der Waals surface area (Å²) < 4.78 is 7.91. The van der Waals surface area contributed by atoms with Crippen LogP contribution >= 0.6 is 0 Å². The van der Waals surface area contributed by atoms with Gasteiger partial charge in [0.25, 0.3) is 0 Å². The molecule has 1 aromatic heterocycles. The quantitative estimate of drug-likeness (QED) is 0.486. The first-order valence-corrected chi connectivity index (χ1v) is 9.08. The molecule has 0 saturated heterocycles. The molecule has 0 unspecified atom stereocenters. The third-order valence-corrected chi connectivity index (χ3v) is 4.46. The molecular formula is C23H21N3O. The lowest BCUT2D eigenvalue weighted by molar-refractivity contribution is 0.323. The maximum atomic E-state index is 6.09. The highest BCUT2D eigenvalue weighted by Crippen LogP contribution is 2.29. The van der Waals surface area contributed by atoms with Crippen molar-refractivity contribution in [1.29, 1.82) is 0 Å². The van der Waals surface area contributed by atoms with Crippen LogP contribution in [0.25, 0.3) is 11.1 Å². The van der Waals surface area contributed by atoms with Crippen LogP contribution in [-0.4, -0.2) is 21.6 Å². The second-order valence-electron chi connectivity index (χ2n) is 6.38. The molecule has 0 fully saturated rings. The van der Waals surface area contributed by atoms with E-state index in [4.69, 9.17) is 4.74 Å². The van der Waals surface area contributed by atoms with Crippen LogP contribution in [0.1, 0.15) is 11.1 Å². The van der Waals surface area contributed by atoms with Crippen LogP contribution in [0.4, 0.5) is 0 Å². The molecule has 4 rings (SSSR count). The maximum Gasteiger partial charge on any atom is 0.127 e. The molecule has 27 heavy (non-hydrogen) atoms. The summed E-state index contributed by atoms with van der Waals surface area (Å²) in [5, 5.41) is 7.83. The minimum absolute atomic E-state index is 0.645. The monoisotopic (exact) mass is 355 g/mol. The lowest BCUT2D eigenvalue weighted by Crippen LogP contribution is -2.03. The zero-order valence-corrected chi connectivity index (χ0v) is 15.0. The molecule has 0 aliphatic rings. The third-order valence-electron chi connectivity index (χ3n) is 4.46. The van der Waals surface area contributed by atoms with Gasteiger partial charge in [-0.3, -0.25) is 0 Å². The fourth-order valence-electron chi connectivity index (χ4n) is 3.04. The second kappa shape index (κ2) is 8.32. The van der Waals surface area contributed by atoms with Crippen molar-refractivity contribution in [3.8, 4) is 16.9 Å². The molecule has 0 N–H and O–H groups in total. The van der Waals surface area contributed by atoms with Gasteiger partial charge in [0.05, 0.1) is 19.3 Å². The fraction of sp³-hybridized carbons (Fsp3) is 0.130. The Morgan fingerprint density at radius 3 is 2.30 bits per heavy atom. The van der Waals surface area contributed by atoms with E-state index in [9.17, 15) is 0 Å². The molecule has 3 aromatic carbocycles. The SMILES string of the molecule is c1ccc(-c2ccccc2OCCc2ccc(Cn3ccnn3)cc2)cc1. The van der Waals surface area contributed by atoms with Crippen LogP contribution in [0.5, 0.6) is 5.75 Å². The second-order valence-corrected chi connectivity index (χ2v) is 6.38. The van der Waals surface area contributed by atoms with E-state index < -0.39 is 0 Å². The Hall–Kier alpha value is -3.40. The van der Waals surface area contributed by atoms with E-state index in [1.165, 1.54) is 16.7 Å². The number of benzene rings is 3. The summed E-state index contributed by atoms with van der Waals surface area (Å²) in [5.74, 6) is 0.923. The zero-order chi connectivity index (χ0) is 18.3. The van der Waals surface area contributed by atoms with Crippen molar-refractivity contribution in [2.24, 2.45) is 0 Å². The Kier molecular flexibility index (Phi) is 5.25. The summed E-state index contributed by atoms with van der Waals surface area (Å²) in [4.78, 5) is 0. The van der Waals surface area contributed by atoms with Gasteiger partial charge >= 0.3 is 0 Å². The van der Waals surface area contributed by atoms with E-state index in [1.54, 1.807) is 6.20 Å². The van der Waals surface area contributed by atoms with E-state index in [0.717, 1.165) is 24.3 Å². The summed E-state index contributed by atoms with van der Waals surface area (Å²) in [7, 11) is 0. The van der Waals surface area contributed by atoms with Crippen LogP contribution in [0.2, 0.25) is 0 Å². The Balaban J connectivity index is 1.36. The number of hydrogen-bond donors (Lipinski definition) is 0. The van der Waals surface area contributed by atoms with E-state index in [1.807, 2.05) is 47.3 Å². The molecule has 0 radical (unpaired) electrons. The Bertz CT molecular complexity index is 964. The number of aromatic nitrogens is 3. The van der Waals surface area contributed by atoms with Crippen LogP contribution in [0.3, 0.4) is 0 Å². The maximum absolute atomic E-state index is 6.09. The molecule has 4 aromatic rings. The fourth-order valence-corrected chi connectivity index (χ4v) is 3.04. The Morgan fingerprint density at radius 2 is 1.52 bits per heavy atom. The zero-order valence-electron chi connectivity index (χ0n) is 15.0. The number of nitrogens with zero attached hydrogens (tertiary/aromatic N) is 3. The van der Waals surface area contributed by atoms with Gasteiger partial charge in [0.1, 0.15) is 5.75 Å². The van der Waals surface area contributed by atoms with Crippen molar-refractivity contribution in [2.45, 2.75) is 13.0 Å². The highest BCUT2D eigenvalue weighted by Gasteiger charge is 2.05. The van der Waals surface area contributed by atoms with Gasteiger partial charge in [0.2, 0.25) is 0 Å². The lowest BCUT2D eigenvalue weighted by Gasteiger charge is -2.12. The molecule has 4 heteroatoms. The van der Waals surface area contributed by atoms with Crippen molar-refractivity contribution in [3.05, 3.63) is 102 Å². The van der Waals surface area contributed by atoms with Crippen LogP contribution in [0.15, 0.2) is 91.3 Å². The van der Waals surface area contributed by atoms with E-state index in [2.05, 4.69) is 52.8 Å². The molecule has 0 spiro atoms. The van der Waals surface area contributed by atoms with Crippen molar-refractivity contribution in [2.75, 3.05) is 6.61 Å². The van der Waals surface area contributed by atoms with Crippen LogP contribution < -0.4 is 4.74 Å². The summed E-state index contributed by atoms with van der Waals surface area (Å²) >= 11 is 0. The van der Waals surface area contributed by atoms with Gasteiger partial charge < -0.3 is 4.74 Å². The largest absolute Gasteiger partial charge is 0.493 e. The first-order chi connectivity index (χ1) is 13.4. The predicted octanol–water partition coefficient (Wildman–Crippen LogP) is 4.61. The summed E-state index contributed by atoms with van der Waals surface area (Å²) in [5.41, 5.74) is 4.76. The average Bonchev–Trinajstić information content (AvgIpc) is 3.23. The highest BCUT2D eigenvalue weighted by atomic mass is 16.5. The number of ether oxygens (including phenoxy) is 1. The summed E-state index contributed by atoms with van der Waals surface area (Å²) in [6.07, 6.45) is 4.43. The van der Waals surface area contributed by atoms with Crippen LogP contribution in [0, 0.1) is 0 Å². The molecule has 0 aliphatic heterocycles. The van der Waals surface area contributed by atoms with Gasteiger partial charge in [-0.25, -0.2) is 4.68 Å². The van der Waals surface area contributed by atoms with Crippen molar-refractivity contribution < 1.29 is 4.74 Å². The van der Waals surface area contributed by atoms with E-state index >= 15 is 0 Å². The van der Waals surface area contributed by atoms with Gasteiger partial charge in [0.15, 0.2) is 0 Å². The first kappa shape index (κ1) is 17.0. The summed E-state index contributed by atoms with van der Waals surface area (Å²) in [6, 6.07) is 27.1. The van der Waals surface area contributed by atoms with Gasteiger partial charge in [-0.2, -0.15) is 0 Å². The summed E-state index contributed by atoms with van der Waals surface area (Å²) in [6.45, 7) is 1.38. The molecule has 0 saturated carbocycles. The van der Waals surface area contributed by atoms with Gasteiger partial charge in [-0.05, 0) is 22.8 Å². The van der Waals surface area contributed by atoms with Crippen LogP contribution in [-0.2, 0) is 13.0 Å². The van der Waals surface area contributed by atoms with Gasteiger partial charge in [-0.1, -0.05) is 78.0 Å². The lowest BCUT2D eigenvalue weighted by atomic mass is 10.0. The van der Waals surface area contributed by atoms with Crippen molar-refractivity contribution in [3.63, 3.8) is 0 Å². The first-order valence-electron chi connectivity index (χ1n) is 9.08. The van der Waals surface area contributed by atoms with Gasteiger partial charge in [-0.15, -0.1) is 5.10 Å². The highest BCUT2D eigenvalue weighted by molar-refractivity contribution is 5.70. The average molecular weight is 355 g/mol.